The van der Waals surface area contributed by atoms with Gasteiger partial charge in [-0.25, -0.2) is 13.9 Å². The van der Waals surface area contributed by atoms with Crippen LogP contribution in [0.2, 0.25) is 0 Å². The minimum absolute atomic E-state index is 0. The standard InChI is InChI=1S/C29H30FN7O2.ClH/c1-17-12-23(13-18(2)27(17)30)37-28(26-19(3)31-8-6-24(26)33-37)35-10-9-34(29(35)38)21-4-5-25-20(14-21)15-32-36(25)22-7-11-39-16-22;/h4-5,9-10,12-15,19,22,31H,6-8,11,16H2,1-3H3;1H/t19-,22+;/m0./s1. The third-order valence-corrected chi connectivity index (χ3v) is 8.00. The number of nitrogens with one attached hydrogen (secondary N) is 1. The first-order valence-electron chi connectivity index (χ1n) is 13.4. The summed E-state index contributed by atoms with van der Waals surface area (Å²) in [5.74, 6) is 0.448. The number of hydrogen-bond donors (Lipinski definition) is 1. The number of rotatable bonds is 4. The van der Waals surface area contributed by atoms with Crippen molar-refractivity contribution in [1.29, 1.82) is 0 Å². The second kappa shape index (κ2) is 10.0. The molecular weight excluding hydrogens is 533 g/mol. The Morgan fingerprint density at radius 3 is 2.60 bits per heavy atom. The van der Waals surface area contributed by atoms with Crippen LogP contribution < -0.4 is 11.0 Å². The zero-order valence-corrected chi connectivity index (χ0v) is 23.4. The van der Waals surface area contributed by atoms with Crippen LogP contribution in [0.1, 0.15) is 47.8 Å². The van der Waals surface area contributed by atoms with Crippen molar-refractivity contribution in [2.75, 3.05) is 19.8 Å². The summed E-state index contributed by atoms with van der Waals surface area (Å²) >= 11 is 0. The Hall–Kier alpha value is -3.73. The highest BCUT2D eigenvalue weighted by Crippen LogP contribution is 2.32. The summed E-state index contributed by atoms with van der Waals surface area (Å²) in [5.41, 5.74) is 5.31. The van der Waals surface area contributed by atoms with E-state index in [0.717, 1.165) is 59.5 Å². The molecule has 2 aliphatic rings. The predicted octanol–water partition coefficient (Wildman–Crippen LogP) is 4.51. The van der Waals surface area contributed by atoms with Gasteiger partial charge in [-0.1, -0.05) is 0 Å². The molecular formula is C29H31ClFN7O2. The van der Waals surface area contributed by atoms with Gasteiger partial charge in [-0.3, -0.25) is 13.8 Å². The van der Waals surface area contributed by atoms with Crippen LogP contribution in [-0.4, -0.2) is 48.5 Å². The minimum Gasteiger partial charge on any atom is -0.379 e. The number of fused-ring (bicyclic) bond motifs is 2. The second-order valence-electron chi connectivity index (χ2n) is 10.6. The summed E-state index contributed by atoms with van der Waals surface area (Å²) in [4.78, 5) is 13.9. The Morgan fingerprint density at radius 2 is 1.85 bits per heavy atom. The fourth-order valence-corrected chi connectivity index (χ4v) is 5.99. The summed E-state index contributed by atoms with van der Waals surface area (Å²) in [6, 6.07) is 9.77. The molecule has 0 bridgehead atoms. The number of halogens is 2. The topological polar surface area (TPSA) is 83.8 Å². The van der Waals surface area contributed by atoms with E-state index >= 15 is 0 Å². The van der Waals surface area contributed by atoms with E-state index in [0.29, 0.717) is 23.6 Å². The van der Waals surface area contributed by atoms with Crippen LogP contribution in [0.5, 0.6) is 0 Å². The maximum Gasteiger partial charge on any atom is 0.338 e. The van der Waals surface area contributed by atoms with E-state index in [1.165, 1.54) is 0 Å². The highest BCUT2D eigenvalue weighted by atomic mass is 35.5. The number of aromatic nitrogens is 6. The zero-order valence-electron chi connectivity index (χ0n) is 22.6. The van der Waals surface area contributed by atoms with Gasteiger partial charge < -0.3 is 10.1 Å². The van der Waals surface area contributed by atoms with Crippen LogP contribution in [0.25, 0.3) is 28.1 Å². The van der Waals surface area contributed by atoms with Crippen molar-refractivity contribution in [3.63, 3.8) is 0 Å². The van der Waals surface area contributed by atoms with Crippen molar-refractivity contribution in [3.8, 4) is 17.2 Å². The largest absolute Gasteiger partial charge is 0.379 e. The maximum atomic E-state index is 14.5. The molecule has 0 spiro atoms. The Balaban J connectivity index is 0.00000289. The van der Waals surface area contributed by atoms with Crippen molar-refractivity contribution in [2.24, 2.45) is 0 Å². The van der Waals surface area contributed by atoms with E-state index in [1.54, 1.807) is 52.2 Å². The molecule has 7 rings (SSSR count). The smallest absolute Gasteiger partial charge is 0.338 e. The molecule has 0 saturated carbocycles. The molecule has 2 atom stereocenters. The van der Waals surface area contributed by atoms with E-state index in [1.807, 2.05) is 29.1 Å². The van der Waals surface area contributed by atoms with Crippen molar-refractivity contribution in [3.05, 3.63) is 87.6 Å². The Morgan fingerprint density at radius 1 is 1.07 bits per heavy atom. The molecule has 2 aromatic carbocycles. The lowest BCUT2D eigenvalue weighted by Gasteiger charge is -2.21. The quantitative estimate of drug-likeness (QED) is 0.348. The van der Waals surface area contributed by atoms with E-state index in [9.17, 15) is 9.18 Å². The second-order valence-corrected chi connectivity index (χ2v) is 10.6. The van der Waals surface area contributed by atoms with Crippen LogP contribution in [0, 0.1) is 19.7 Å². The first-order valence-corrected chi connectivity index (χ1v) is 13.4. The lowest BCUT2D eigenvalue weighted by molar-refractivity contribution is 0.185. The highest BCUT2D eigenvalue weighted by molar-refractivity contribution is 5.85. The van der Waals surface area contributed by atoms with Crippen LogP contribution in [0.15, 0.2) is 53.7 Å². The predicted molar refractivity (Wildman–Crippen MR) is 153 cm³/mol. The van der Waals surface area contributed by atoms with E-state index < -0.39 is 0 Å². The van der Waals surface area contributed by atoms with Crippen molar-refractivity contribution in [1.82, 2.24) is 34.0 Å². The van der Waals surface area contributed by atoms with Gasteiger partial charge >= 0.3 is 5.69 Å². The van der Waals surface area contributed by atoms with Gasteiger partial charge in [-0.15, -0.1) is 12.4 Å². The maximum absolute atomic E-state index is 14.5. The molecule has 1 fully saturated rings. The average Bonchev–Trinajstić information content (AvgIpc) is 3.71. The molecule has 3 aromatic heterocycles. The van der Waals surface area contributed by atoms with Gasteiger partial charge in [-0.2, -0.15) is 10.2 Å². The van der Waals surface area contributed by atoms with Gasteiger partial charge in [0.15, 0.2) is 0 Å². The number of hydrogen-bond acceptors (Lipinski definition) is 5. The summed E-state index contributed by atoms with van der Waals surface area (Å²) in [7, 11) is 0. The van der Waals surface area contributed by atoms with E-state index in [2.05, 4.69) is 17.3 Å². The van der Waals surface area contributed by atoms with Gasteiger partial charge in [-0.05, 0) is 68.7 Å². The zero-order chi connectivity index (χ0) is 26.8. The monoisotopic (exact) mass is 563 g/mol. The lowest BCUT2D eigenvalue weighted by atomic mass is 10.0. The first kappa shape index (κ1) is 26.5. The van der Waals surface area contributed by atoms with Crippen molar-refractivity contribution < 1.29 is 9.13 Å². The van der Waals surface area contributed by atoms with Gasteiger partial charge in [0.25, 0.3) is 0 Å². The van der Waals surface area contributed by atoms with Crippen LogP contribution in [0.4, 0.5) is 4.39 Å². The molecule has 5 heterocycles. The number of imidazole rings is 1. The number of benzene rings is 2. The number of nitrogens with zero attached hydrogens (tertiary/aromatic N) is 6. The third kappa shape index (κ3) is 4.09. The van der Waals surface area contributed by atoms with Crippen molar-refractivity contribution in [2.45, 2.75) is 45.7 Å². The van der Waals surface area contributed by atoms with Crippen molar-refractivity contribution >= 4 is 23.3 Å². The Kier molecular flexibility index (Phi) is 6.64. The van der Waals surface area contributed by atoms with E-state index in [-0.39, 0.29) is 36.0 Å². The number of aryl methyl sites for hydroxylation is 2. The van der Waals surface area contributed by atoms with Crippen LogP contribution in [-0.2, 0) is 11.2 Å². The molecule has 0 unspecified atom stereocenters. The fraction of sp³-hybridized carbons (Fsp3) is 0.345. The molecule has 11 heteroatoms. The summed E-state index contributed by atoms with van der Waals surface area (Å²) in [6.45, 7) is 7.80. The summed E-state index contributed by atoms with van der Waals surface area (Å²) in [5, 5.41) is 14.0. The molecule has 0 radical (unpaired) electrons. The van der Waals surface area contributed by atoms with Gasteiger partial charge in [0, 0.05) is 49.0 Å². The van der Waals surface area contributed by atoms with E-state index in [4.69, 9.17) is 9.84 Å². The Labute approximate surface area is 236 Å². The molecule has 9 nitrogen and oxygen atoms in total. The first-order chi connectivity index (χ1) is 18.9. The molecule has 2 aliphatic heterocycles. The molecule has 208 valence electrons. The molecule has 0 amide bonds. The molecule has 1 N–H and O–H groups in total. The fourth-order valence-electron chi connectivity index (χ4n) is 5.99. The molecule has 1 saturated heterocycles. The normalized spacial score (nSPS) is 18.7. The number of ether oxygens (including phenoxy) is 1. The molecule has 0 aliphatic carbocycles. The molecule has 40 heavy (non-hydrogen) atoms. The van der Waals surface area contributed by atoms with Gasteiger partial charge in [0.1, 0.15) is 11.6 Å². The SMILES string of the molecule is Cc1cc(-n2nc3c(c2-n2ccn(-c4ccc5c(cnn5[C@@H]5CCOC5)c4)c2=O)[C@H](C)NCC3)cc(C)c1F.Cl. The lowest BCUT2D eigenvalue weighted by Crippen LogP contribution is -2.30. The summed E-state index contributed by atoms with van der Waals surface area (Å²) in [6.07, 6.45) is 7.10. The van der Waals surface area contributed by atoms with Crippen LogP contribution >= 0.6 is 12.4 Å². The minimum atomic E-state index is -0.227. The average molecular weight is 564 g/mol. The third-order valence-electron chi connectivity index (χ3n) is 8.00. The van der Waals surface area contributed by atoms with Gasteiger partial charge in [0.2, 0.25) is 0 Å². The summed E-state index contributed by atoms with van der Waals surface area (Å²) < 4.78 is 27.1. The molecule has 5 aromatic rings. The Bertz CT molecular complexity index is 1770. The highest BCUT2D eigenvalue weighted by Gasteiger charge is 2.29. The van der Waals surface area contributed by atoms with Crippen LogP contribution in [0.3, 0.4) is 0 Å². The van der Waals surface area contributed by atoms with Gasteiger partial charge in [0.05, 0.1) is 41.4 Å².